The number of nitrogens with two attached hydrogens (primary N) is 2. The molecule has 2 unspecified atom stereocenters. The number of ketones is 1. The van der Waals surface area contributed by atoms with Crippen molar-refractivity contribution in [2.24, 2.45) is 17.4 Å². The highest BCUT2D eigenvalue weighted by atomic mass is 16.1. The molecule has 1 aliphatic carbocycles. The highest BCUT2D eigenvalue weighted by Gasteiger charge is 2.29. The second-order valence-electron chi connectivity index (χ2n) is 6.09. The lowest BCUT2D eigenvalue weighted by atomic mass is 9.79. The fourth-order valence-corrected chi connectivity index (χ4v) is 3.37. The van der Waals surface area contributed by atoms with Crippen molar-refractivity contribution in [2.45, 2.75) is 39.0 Å². The van der Waals surface area contributed by atoms with Crippen molar-refractivity contribution in [1.29, 1.82) is 0 Å². The quantitative estimate of drug-likeness (QED) is 0.663. The molecule has 0 saturated carbocycles. The summed E-state index contributed by atoms with van der Waals surface area (Å²) >= 11 is 0. The Balaban J connectivity index is 2.51. The Bertz CT molecular complexity index is 597. The summed E-state index contributed by atoms with van der Waals surface area (Å²) < 4.78 is 0. The van der Waals surface area contributed by atoms with E-state index in [0.717, 1.165) is 24.0 Å². The van der Waals surface area contributed by atoms with E-state index < -0.39 is 0 Å². The van der Waals surface area contributed by atoms with Gasteiger partial charge in [0.2, 0.25) is 0 Å². The summed E-state index contributed by atoms with van der Waals surface area (Å²) in [6.45, 7) is 4.88. The second-order valence-corrected chi connectivity index (χ2v) is 6.09. The Hall–Kier alpha value is -1.87. The largest absolute Gasteiger partial charge is 0.405 e. The van der Waals surface area contributed by atoms with Crippen LogP contribution in [0.4, 0.5) is 0 Å². The summed E-state index contributed by atoms with van der Waals surface area (Å²) in [6.07, 6.45) is 7.31. The van der Waals surface area contributed by atoms with Crippen molar-refractivity contribution in [3.63, 3.8) is 0 Å². The van der Waals surface area contributed by atoms with E-state index in [9.17, 15) is 4.79 Å². The SMILES string of the molecule is CCC(CN)C1C/C(=C\C=C/N)C(=O)Cc2cc(C)ccc21. The molecule has 118 valence electrons. The van der Waals surface area contributed by atoms with Gasteiger partial charge in [0.05, 0.1) is 0 Å². The monoisotopic (exact) mass is 298 g/mol. The average molecular weight is 298 g/mol. The number of carbonyl (C=O) groups is 1. The molecule has 0 aliphatic heterocycles. The van der Waals surface area contributed by atoms with Crippen LogP contribution >= 0.6 is 0 Å². The van der Waals surface area contributed by atoms with Crippen LogP contribution in [0.15, 0.2) is 42.1 Å². The molecule has 0 radical (unpaired) electrons. The molecule has 1 aromatic carbocycles. The fraction of sp³-hybridized carbons (Fsp3) is 0.421. The molecule has 0 heterocycles. The van der Waals surface area contributed by atoms with Gasteiger partial charge in [0, 0.05) is 6.42 Å². The minimum atomic E-state index is 0.194. The summed E-state index contributed by atoms with van der Waals surface area (Å²) in [5, 5.41) is 0. The number of allylic oxidation sites excluding steroid dienone is 3. The maximum absolute atomic E-state index is 12.6. The lowest BCUT2D eigenvalue weighted by molar-refractivity contribution is -0.115. The lowest BCUT2D eigenvalue weighted by Crippen LogP contribution is -2.22. The Kier molecular flexibility index (Phi) is 5.56. The predicted octanol–water partition coefficient (Wildman–Crippen LogP) is 2.98. The molecule has 1 aromatic rings. The molecule has 0 aromatic heterocycles. The number of hydrogen-bond acceptors (Lipinski definition) is 3. The zero-order valence-electron chi connectivity index (χ0n) is 13.5. The van der Waals surface area contributed by atoms with Crippen molar-refractivity contribution < 1.29 is 4.79 Å². The molecule has 22 heavy (non-hydrogen) atoms. The zero-order valence-corrected chi connectivity index (χ0v) is 13.5. The smallest absolute Gasteiger partial charge is 0.163 e. The fourth-order valence-electron chi connectivity index (χ4n) is 3.37. The molecule has 3 nitrogen and oxygen atoms in total. The number of carbonyl (C=O) groups excluding carboxylic acids is 1. The van der Waals surface area contributed by atoms with Gasteiger partial charge < -0.3 is 11.5 Å². The number of hydrogen-bond donors (Lipinski definition) is 2. The first-order valence-corrected chi connectivity index (χ1v) is 8.00. The van der Waals surface area contributed by atoms with Gasteiger partial charge in [-0.1, -0.05) is 43.2 Å². The molecular formula is C19H26N2O. The van der Waals surface area contributed by atoms with Gasteiger partial charge in [-0.15, -0.1) is 0 Å². The molecule has 0 spiro atoms. The van der Waals surface area contributed by atoms with Crippen LogP contribution in [-0.2, 0) is 11.2 Å². The average Bonchev–Trinajstić information content (AvgIpc) is 2.63. The first-order valence-electron chi connectivity index (χ1n) is 8.00. The van der Waals surface area contributed by atoms with E-state index in [2.05, 4.69) is 32.0 Å². The number of benzene rings is 1. The summed E-state index contributed by atoms with van der Waals surface area (Å²) in [6, 6.07) is 6.46. The van der Waals surface area contributed by atoms with Crippen molar-refractivity contribution in [3.8, 4) is 0 Å². The minimum Gasteiger partial charge on any atom is -0.405 e. The molecule has 3 heteroatoms. The number of rotatable bonds is 4. The zero-order chi connectivity index (χ0) is 16.1. The van der Waals surface area contributed by atoms with Crippen LogP contribution in [-0.4, -0.2) is 12.3 Å². The van der Waals surface area contributed by atoms with Gasteiger partial charge in [-0.3, -0.25) is 4.79 Å². The van der Waals surface area contributed by atoms with Crippen LogP contribution in [0.5, 0.6) is 0 Å². The number of aryl methyl sites for hydroxylation is 1. The first-order chi connectivity index (χ1) is 10.6. The Morgan fingerprint density at radius 3 is 2.82 bits per heavy atom. The molecule has 0 amide bonds. The van der Waals surface area contributed by atoms with E-state index in [1.807, 2.05) is 6.08 Å². The van der Waals surface area contributed by atoms with Gasteiger partial charge in [-0.05, 0) is 60.7 Å². The summed E-state index contributed by atoms with van der Waals surface area (Å²) in [5.41, 5.74) is 15.9. The molecule has 2 rings (SSSR count). The highest BCUT2D eigenvalue weighted by Crippen LogP contribution is 2.38. The van der Waals surface area contributed by atoms with Crippen LogP contribution in [0.25, 0.3) is 0 Å². The molecular weight excluding hydrogens is 272 g/mol. The van der Waals surface area contributed by atoms with Crippen molar-refractivity contribution in [2.75, 3.05) is 6.54 Å². The lowest BCUT2D eigenvalue weighted by Gasteiger charge is -2.26. The second kappa shape index (κ2) is 7.41. The van der Waals surface area contributed by atoms with Gasteiger partial charge in [-0.2, -0.15) is 0 Å². The van der Waals surface area contributed by atoms with E-state index in [4.69, 9.17) is 11.5 Å². The van der Waals surface area contributed by atoms with E-state index in [1.165, 1.54) is 17.3 Å². The Labute approximate surface area is 133 Å². The highest BCUT2D eigenvalue weighted by molar-refractivity contribution is 5.98. The molecule has 0 bridgehead atoms. The standard InChI is InChI=1S/C19H26N2O/c1-3-14(12-21)18-10-15(5-4-8-20)19(22)11-16-9-13(2)6-7-17(16)18/h4-9,14,18H,3,10-12,20-21H2,1-2H3/b8-4-,15-5+. The van der Waals surface area contributed by atoms with Crippen molar-refractivity contribution >= 4 is 5.78 Å². The maximum atomic E-state index is 12.6. The van der Waals surface area contributed by atoms with Crippen LogP contribution in [0, 0.1) is 12.8 Å². The third-order valence-corrected chi connectivity index (χ3v) is 4.65. The van der Waals surface area contributed by atoms with Crippen LogP contribution in [0.3, 0.4) is 0 Å². The van der Waals surface area contributed by atoms with Crippen LogP contribution in [0.1, 0.15) is 42.4 Å². The predicted molar refractivity (Wildman–Crippen MR) is 91.5 cm³/mol. The molecule has 0 fully saturated rings. The minimum absolute atomic E-state index is 0.194. The third kappa shape index (κ3) is 3.47. The molecule has 1 aliphatic rings. The first kappa shape index (κ1) is 16.5. The maximum Gasteiger partial charge on any atom is 0.163 e. The van der Waals surface area contributed by atoms with Crippen LogP contribution in [0.2, 0.25) is 0 Å². The summed E-state index contributed by atoms with van der Waals surface area (Å²) in [4.78, 5) is 12.6. The van der Waals surface area contributed by atoms with E-state index in [-0.39, 0.29) is 5.78 Å². The van der Waals surface area contributed by atoms with Gasteiger partial charge in [0.1, 0.15) is 0 Å². The van der Waals surface area contributed by atoms with Gasteiger partial charge in [0.15, 0.2) is 5.78 Å². The van der Waals surface area contributed by atoms with Crippen LogP contribution < -0.4 is 11.5 Å². The topological polar surface area (TPSA) is 69.1 Å². The number of fused-ring (bicyclic) bond motifs is 1. The van der Waals surface area contributed by atoms with E-state index >= 15 is 0 Å². The van der Waals surface area contributed by atoms with Gasteiger partial charge >= 0.3 is 0 Å². The van der Waals surface area contributed by atoms with E-state index in [0.29, 0.717) is 24.8 Å². The van der Waals surface area contributed by atoms with Gasteiger partial charge in [0.25, 0.3) is 0 Å². The Morgan fingerprint density at radius 1 is 1.41 bits per heavy atom. The van der Waals surface area contributed by atoms with Gasteiger partial charge in [-0.25, -0.2) is 0 Å². The molecule has 0 saturated heterocycles. The summed E-state index contributed by atoms with van der Waals surface area (Å²) in [7, 11) is 0. The van der Waals surface area contributed by atoms with Crippen molar-refractivity contribution in [1.82, 2.24) is 0 Å². The van der Waals surface area contributed by atoms with Crippen molar-refractivity contribution in [3.05, 3.63) is 58.8 Å². The molecule has 2 atom stereocenters. The Morgan fingerprint density at radius 2 is 2.18 bits per heavy atom. The molecule has 4 N–H and O–H groups in total. The summed E-state index contributed by atoms with van der Waals surface area (Å²) in [5.74, 6) is 0.881. The number of Topliss-reactive ketones (excluding diaryl/α,β-unsaturated/α-hetero) is 1. The third-order valence-electron chi connectivity index (χ3n) is 4.65. The van der Waals surface area contributed by atoms with E-state index in [1.54, 1.807) is 6.08 Å². The normalized spacial score (nSPS) is 21.9.